The average Bonchev–Trinajstić information content (AvgIpc) is 2.15. The van der Waals surface area contributed by atoms with E-state index in [9.17, 15) is 13.6 Å². The van der Waals surface area contributed by atoms with Crippen LogP contribution < -0.4 is 4.74 Å². The molecule has 0 fully saturated rings. The maximum absolute atomic E-state index is 12.6. The number of halogens is 3. The van der Waals surface area contributed by atoms with Gasteiger partial charge in [-0.25, -0.2) is 8.78 Å². The molecule has 0 heterocycles. The molecule has 0 saturated carbocycles. The molecule has 0 saturated heterocycles. The third kappa shape index (κ3) is 2.45. The Morgan fingerprint density at radius 1 is 1.47 bits per heavy atom. The minimum Gasteiger partial charge on any atom is -0.497 e. The van der Waals surface area contributed by atoms with Gasteiger partial charge in [0.2, 0.25) is 0 Å². The molecule has 1 aromatic carbocycles. The van der Waals surface area contributed by atoms with E-state index in [1.54, 1.807) is 0 Å². The second-order valence-corrected chi connectivity index (χ2v) is 3.33. The molecule has 82 valence electrons. The van der Waals surface area contributed by atoms with Crippen LogP contribution in [0.5, 0.6) is 5.75 Å². The summed E-state index contributed by atoms with van der Waals surface area (Å²) in [6, 6.07) is 2.52. The highest BCUT2D eigenvalue weighted by Gasteiger charge is 2.20. The zero-order chi connectivity index (χ0) is 11.6. The van der Waals surface area contributed by atoms with Crippen LogP contribution >= 0.6 is 11.6 Å². The molecule has 1 rings (SSSR count). The first kappa shape index (κ1) is 11.9. The minimum atomic E-state index is -2.78. The van der Waals surface area contributed by atoms with Gasteiger partial charge >= 0.3 is 0 Å². The molecular weight excluding hydrogens is 226 g/mol. The molecule has 0 aliphatic heterocycles. The smallest absolute Gasteiger partial charge is 0.265 e. The fourth-order valence-electron chi connectivity index (χ4n) is 1.22. The molecule has 0 atom stereocenters. The second kappa shape index (κ2) is 4.57. The summed E-state index contributed by atoms with van der Waals surface area (Å²) >= 11 is 5.64. The number of ether oxygens (including phenoxy) is 1. The van der Waals surface area contributed by atoms with Gasteiger partial charge in [-0.15, -0.1) is 0 Å². The Bertz CT molecular complexity index is 391. The molecule has 0 spiro atoms. The standard InChI is InChI=1S/C10H9ClF2O2/c1-5(14)7-3-6(15-2)4-8(11)9(7)10(12)13/h3-4,10H,1-2H3. The lowest BCUT2D eigenvalue weighted by atomic mass is 10.0. The number of ketones is 1. The lowest BCUT2D eigenvalue weighted by molar-refractivity contribution is 0.0998. The number of methoxy groups -OCH3 is 1. The number of carbonyl (C=O) groups excluding carboxylic acids is 1. The molecule has 15 heavy (non-hydrogen) atoms. The number of rotatable bonds is 3. The third-order valence-corrected chi connectivity index (χ3v) is 2.25. The molecule has 0 aliphatic carbocycles. The monoisotopic (exact) mass is 234 g/mol. The van der Waals surface area contributed by atoms with E-state index in [2.05, 4.69) is 0 Å². The number of benzene rings is 1. The summed E-state index contributed by atoms with van der Waals surface area (Å²) in [5.41, 5.74) is -0.542. The summed E-state index contributed by atoms with van der Waals surface area (Å²) < 4.78 is 30.1. The van der Waals surface area contributed by atoms with E-state index >= 15 is 0 Å². The van der Waals surface area contributed by atoms with Crippen LogP contribution in [0.15, 0.2) is 12.1 Å². The van der Waals surface area contributed by atoms with Crippen molar-refractivity contribution in [1.29, 1.82) is 0 Å². The van der Waals surface area contributed by atoms with Gasteiger partial charge in [-0.1, -0.05) is 11.6 Å². The molecule has 0 aromatic heterocycles. The molecule has 0 amide bonds. The molecule has 0 unspecified atom stereocenters. The Morgan fingerprint density at radius 2 is 2.07 bits per heavy atom. The summed E-state index contributed by atoms with van der Waals surface area (Å²) in [5.74, 6) is -0.180. The van der Waals surface area contributed by atoms with Crippen molar-refractivity contribution in [3.8, 4) is 5.75 Å². The first-order chi connectivity index (χ1) is 6.97. The largest absolute Gasteiger partial charge is 0.497 e. The van der Waals surface area contributed by atoms with E-state index in [0.29, 0.717) is 0 Å². The van der Waals surface area contributed by atoms with Gasteiger partial charge in [-0.2, -0.15) is 0 Å². The van der Waals surface area contributed by atoms with E-state index < -0.39 is 17.8 Å². The van der Waals surface area contributed by atoms with Crippen molar-refractivity contribution in [2.24, 2.45) is 0 Å². The maximum atomic E-state index is 12.6. The van der Waals surface area contributed by atoms with Crippen LogP contribution in [-0.2, 0) is 0 Å². The van der Waals surface area contributed by atoms with Crippen LogP contribution in [0.25, 0.3) is 0 Å². The number of hydrogen-bond acceptors (Lipinski definition) is 2. The number of carbonyl (C=O) groups is 1. The minimum absolute atomic E-state index is 0.102. The van der Waals surface area contributed by atoms with Crippen molar-refractivity contribution in [3.05, 3.63) is 28.3 Å². The second-order valence-electron chi connectivity index (χ2n) is 2.93. The SMILES string of the molecule is COc1cc(Cl)c(C(F)F)c(C(C)=O)c1. The van der Waals surface area contributed by atoms with Crippen LogP contribution in [0.2, 0.25) is 5.02 Å². The Kier molecular flexibility index (Phi) is 3.63. The zero-order valence-corrected chi connectivity index (χ0v) is 8.94. The predicted octanol–water partition coefficient (Wildman–Crippen LogP) is 3.49. The van der Waals surface area contributed by atoms with Gasteiger partial charge in [0.05, 0.1) is 12.1 Å². The molecule has 2 nitrogen and oxygen atoms in total. The highest BCUT2D eigenvalue weighted by molar-refractivity contribution is 6.32. The van der Waals surface area contributed by atoms with Gasteiger partial charge in [0, 0.05) is 11.1 Å². The van der Waals surface area contributed by atoms with Crippen LogP contribution in [0, 0.1) is 0 Å². The Morgan fingerprint density at radius 3 is 2.47 bits per heavy atom. The molecule has 0 bridgehead atoms. The van der Waals surface area contributed by atoms with Crippen molar-refractivity contribution >= 4 is 17.4 Å². The fraction of sp³-hybridized carbons (Fsp3) is 0.300. The first-order valence-corrected chi connectivity index (χ1v) is 4.51. The molecule has 0 aliphatic rings. The normalized spacial score (nSPS) is 10.5. The van der Waals surface area contributed by atoms with Crippen molar-refractivity contribution < 1.29 is 18.3 Å². The zero-order valence-electron chi connectivity index (χ0n) is 8.18. The number of Topliss-reactive ketones (excluding diaryl/α,β-unsaturated/α-hetero) is 1. The Labute approximate surface area is 90.8 Å². The third-order valence-electron chi connectivity index (χ3n) is 1.94. The van der Waals surface area contributed by atoms with Crippen molar-refractivity contribution in [1.82, 2.24) is 0 Å². The molecular formula is C10H9ClF2O2. The van der Waals surface area contributed by atoms with Crippen LogP contribution in [0.4, 0.5) is 8.78 Å². The lowest BCUT2D eigenvalue weighted by Gasteiger charge is -2.10. The van der Waals surface area contributed by atoms with Crippen molar-refractivity contribution in [2.75, 3.05) is 7.11 Å². The number of hydrogen-bond donors (Lipinski definition) is 0. The van der Waals surface area contributed by atoms with Gasteiger partial charge in [-0.05, 0) is 19.1 Å². The first-order valence-electron chi connectivity index (χ1n) is 4.14. The number of alkyl halides is 2. The predicted molar refractivity (Wildman–Crippen MR) is 53.0 cm³/mol. The van der Waals surface area contributed by atoms with Gasteiger partial charge in [0.15, 0.2) is 5.78 Å². The summed E-state index contributed by atoms with van der Waals surface area (Å²) in [6.07, 6.45) is -2.78. The average molecular weight is 235 g/mol. The molecule has 0 radical (unpaired) electrons. The molecule has 1 aromatic rings. The highest BCUT2D eigenvalue weighted by atomic mass is 35.5. The van der Waals surface area contributed by atoms with E-state index in [1.165, 1.54) is 26.2 Å². The Balaban J connectivity index is 3.42. The Hall–Kier alpha value is -1.16. The highest BCUT2D eigenvalue weighted by Crippen LogP contribution is 2.34. The van der Waals surface area contributed by atoms with E-state index in [1.807, 2.05) is 0 Å². The summed E-state index contributed by atoms with van der Waals surface area (Å²) in [7, 11) is 1.37. The fourth-order valence-corrected chi connectivity index (χ4v) is 1.52. The van der Waals surface area contributed by atoms with Crippen molar-refractivity contribution in [3.63, 3.8) is 0 Å². The van der Waals surface area contributed by atoms with Gasteiger partial charge in [-0.3, -0.25) is 4.79 Å². The summed E-state index contributed by atoms with van der Waals surface area (Å²) in [4.78, 5) is 11.1. The topological polar surface area (TPSA) is 26.3 Å². The van der Waals surface area contributed by atoms with Gasteiger partial charge < -0.3 is 4.74 Å². The maximum Gasteiger partial charge on any atom is 0.265 e. The van der Waals surface area contributed by atoms with Gasteiger partial charge in [0.1, 0.15) is 5.75 Å². The summed E-state index contributed by atoms with van der Waals surface area (Å²) in [6.45, 7) is 1.21. The van der Waals surface area contributed by atoms with Gasteiger partial charge in [0.25, 0.3) is 6.43 Å². The quantitative estimate of drug-likeness (QED) is 0.749. The van der Waals surface area contributed by atoms with Crippen LogP contribution in [0.3, 0.4) is 0 Å². The molecule has 0 N–H and O–H groups in total. The van der Waals surface area contributed by atoms with Crippen molar-refractivity contribution in [2.45, 2.75) is 13.3 Å². The molecule has 5 heteroatoms. The van der Waals surface area contributed by atoms with E-state index in [-0.39, 0.29) is 16.3 Å². The summed E-state index contributed by atoms with van der Waals surface area (Å²) in [5, 5.41) is -0.158. The van der Waals surface area contributed by atoms with Crippen LogP contribution in [-0.4, -0.2) is 12.9 Å². The van der Waals surface area contributed by atoms with Crippen LogP contribution in [0.1, 0.15) is 29.3 Å². The van der Waals surface area contributed by atoms with E-state index in [0.717, 1.165) is 0 Å². The lowest BCUT2D eigenvalue weighted by Crippen LogP contribution is -2.02. The van der Waals surface area contributed by atoms with E-state index in [4.69, 9.17) is 16.3 Å².